The third-order valence-corrected chi connectivity index (χ3v) is 6.61. The molecule has 0 spiro atoms. The molecule has 0 bridgehead atoms. The fourth-order valence-corrected chi connectivity index (χ4v) is 4.49. The van der Waals surface area contributed by atoms with Gasteiger partial charge in [-0.3, -0.25) is 9.59 Å². The molecule has 1 aromatic carbocycles. The Hall–Kier alpha value is -3.53. The van der Waals surface area contributed by atoms with Crippen molar-refractivity contribution in [3.63, 3.8) is 0 Å². The van der Waals surface area contributed by atoms with Crippen LogP contribution in [0.4, 0.5) is 4.39 Å². The Morgan fingerprint density at radius 3 is 2.80 bits per heavy atom. The zero-order valence-corrected chi connectivity index (χ0v) is 19.7. The minimum Gasteiger partial charge on any atom is -0.493 e. The van der Waals surface area contributed by atoms with Gasteiger partial charge < -0.3 is 25.0 Å². The standard InChI is InChI=1S/C25H28FN5O4/c1-13-3-6-19(35-11-15-4-5-15)16(7-13)22-24-23(28-12-27-22)21(14(2)29-24)25(34)30-18-9-31(8-17(18)26)20(33)10-32/h3,6-7,12,15,17-18,29,32H,4-5,8-11H2,1-2H3,(H,30,34)/t17-,18+/m0/s1. The molecular weight excluding hydrogens is 453 g/mol. The molecular formula is C25H28FN5O4. The molecule has 2 fully saturated rings. The first-order valence-corrected chi connectivity index (χ1v) is 11.8. The van der Waals surface area contributed by atoms with Gasteiger partial charge in [0.2, 0.25) is 5.91 Å². The molecule has 0 radical (unpaired) electrons. The van der Waals surface area contributed by atoms with E-state index >= 15 is 0 Å². The van der Waals surface area contributed by atoms with Gasteiger partial charge in [0.1, 0.15) is 36.1 Å². The number of benzene rings is 1. The number of hydrogen-bond acceptors (Lipinski definition) is 6. The van der Waals surface area contributed by atoms with Crippen molar-refractivity contribution in [3.8, 4) is 17.0 Å². The van der Waals surface area contributed by atoms with Crippen LogP contribution in [0.2, 0.25) is 0 Å². The lowest BCUT2D eigenvalue weighted by atomic mass is 10.1. The van der Waals surface area contributed by atoms with E-state index in [0.717, 1.165) is 16.9 Å². The van der Waals surface area contributed by atoms with Crippen LogP contribution in [0.25, 0.3) is 22.3 Å². The molecule has 2 amide bonds. The molecule has 3 N–H and O–H groups in total. The van der Waals surface area contributed by atoms with Crippen LogP contribution in [-0.4, -0.2) is 75.3 Å². The van der Waals surface area contributed by atoms with E-state index in [0.29, 0.717) is 40.5 Å². The van der Waals surface area contributed by atoms with Crippen molar-refractivity contribution in [1.82, 2.24) is 25.2 Å². The van der Waals surface area contributed by atoms with Gasteiger partial charge >= 0.3 is 0 Å². The summed E-state index contributed by atoms with van der Waals surface area (Å²) >= 11 is 0. The highest BCUT2D eigenvalue weighted by Gasteiger charge is 2.37. The minimum atomic E-state index is -1.43. The number of aliphatic hydroxyl groups excluding tert-OH is 1. The zero-order chi connectivity index (χ0) is 24.7. The SMILES string of the molecule is Cc1ccc(OCC2CC2)c(-c2ncnc3c(C(=O)N[C@@H]4CN(C(=O)CO)C[C@@H]4F)c(C)[nH]c23)c1. The maximum Gasteiger partial charge on any atom is 0.255 e. The number of carbonyl (C=O) groups is 2. The van der Waals surface area contributed by atoms with E-state index in [1.165, 1.54) is 24.1 Å². The highest BCUT2D eigenvalue weighted by atomic mass is 19.1. The summed E-state index contributed by atoms with van der Waals surface area (Å²) in [7, 11) is 0. The van der Waals surface area contributed by atoms with Gasteiger partial charge in [-0.2, -0.15) is 0 Å². The van der Waals surface area contributed by atoms with E-state index < -0.39 is 30.6 Å². The Kier molecular flexibility index (Phi) is 6.14. The second-order valence-corrected chi connectivity index (χ2v) is 9.38. The number of rotatable bonds is 7. The third-order valence-electron chi connectivity index (χ3n) is 6.61. The molecule has 0 unspecified atom stereocenters. The topological polar surface area (TPSA) is 120 Å². The van der Waals surface area contributed by atoms with E-state index in [1.54, 1.807) is 6.92 Å². The van der Waals surface area contributed by atoms with Crippen molar-refractivity contribution in [1.29, 1.82) is 0 Å². The second kappa shape index (κ2) is 9.26. The molecule has 1 aliphatic heterocycles. The van der Waals surface area contributed by atoms with Gasteiger partial charge in [-0.25, -0.2) is 14.4 Å². The maximum atomic E-state index is 14.5. The Balaban J connectivity index is 1.46. The molecule has 1 aliphatic carbocycles. The van der Waals surface area contributed by atoms with E-state index in [1.807, 2.05) is 25.1 Å². The summed E-state index contributed by atoms with van der Waals surface area (Å²) in [6.07, 6.45) is 2.34. The number of amides is 2. The predicted octanol–water partition coefficient (Wildman–Crippen LogP) is 2.30. The molecule has 2 aliphatic rings. The van der Waals surface area contributed by atoms with Crippen LogP contribution in [-0.2, 0) is 4.79 Å². The number of alkyl halides is 1. The number of halogens is 1. The molecule has 184 valence electrons. The van der Waals surface area contributed by atoms with Crippen LogP contribution in [0.3, 0.4) is 0 Å². The van der Waals surface area contributed by atoms with Gasteiger partial charge in [-0.1, -0.05) is 11.6 Å². The Morgan fingerprint density at radius 1 is 1.26 bits per heavy atom. The first kappa shape index (κ1) is 23.2. The van der Waals surface area contributed by atoms with E-state index in [-0.39, 0.29) is 13.1 Å². The van der Waals surface area contributed by atoms with Gasteiger partial charge in [0.15, 0.2) is 0 Å². The number of nitrogens with zero attached hydrogens (tertiary/aromatic N) is 3. The average molecular weight is 482 g/mol. The number of nitrogens with one attached hydrogen (secondary N) is 2. The van der Waals surface area contributed by atoms with Crippen molar-refractivity contribution in [2.75, 3.05) is 26.3 Å². The number of likely N-dealkylation sites (tertiary alicyclic amines) is 1. The van der Waals surface area contributed by atoms with Crippen LogP contribution in [0.5, 0.6) is 5.75 Å². The Labute approximate surface area is 201 Å². The summed E-state index contributed by atoms with van der Waals surface area (Å²) in [5.74, 6) is 0.262. The van der Waals surface area contributed by atoms with Crippen LogP contribution in [0.15, 0.2) is 24.5 Å². The fourth-order valence-electron chi connectivity index (χ4n) is 4.49. The van der Waals surface area contributed by atoms with Crippen LogP contribution in [0, 0.1) is 19.8 Å². The number of aryl methyl sites for hydroxylation is 2. The van der Waals surface area contributed by atoms with Crippen LogP contribution < -0.4 is 10.1 Å². The van der Waals surface area contributed by atoms with Crippen molar-refractivity contribution >= 4 is 22.8 Å². The number of hydrogen-bond donors (Lipinski definition) is 3. The van der Waals surface area contributed by atoms with E-state index in [2.05, 4.69) is 20.3 Å². The van der Waals surface area contributed by atoms with E-state index in [4.69, 9.17) is 9.84 Å². The average Bonchev–Trinajstić information content (AvgIpc) is 3.51. The molecule has 5 rings (SSSR count). The fraction of sp³-hybridized carbons (Fsp3) is 0.440. The first-order chi connectivity index (χ1) is 16.9. The summed E-state index contributed by atoms with van der Waals surface area (Å²) in [6.45, 7) is 3.54. The lowest BCUT2D eigenvalue weighted by Crippen LogP contribution is -2.42. The number of aromatic nitrogens is 3. The molecule has 1 saturated heterocycles. The normalized spacial score (nSPS) is 19.8. The quantitative estimate of drug-likeness (QED) is 0.476. The van der Waals surface area contributed by atoms with Gasteiger partial charge in [-0.05, 0) is 44.7 Å². The Bertz CT molecular complexity index is 1290. The molecule has 9 nitrogen and oxygen atoms in total. The van der Waals surface area contributed by atoms with Crippen LogP contribution >= 0.6 is 0 Å². The number of fused-ring (bicyclic) bond motifs is 1. The summed E-state index contributed by atoms with van der Waals surface area (Å²) < 4.78 is 20.6. The van der Waals surface area contributed by atoms with Gasteiger partial charge in [-0.15, -0.1) is 0 Å². The smallest absolute Gasteiger partial charge is 0.255 e. The molecule has 3 heterocycles. The minimum absolute atomic E-state index is 0.00107. The second-order valence-electron chi connectivity index (χ2n) is 9.38. The summed E-state index contributed by atoms with van der Waals surface area (Å²) in [4.78, 5) is 38.2. The number of H-pyrrole nitrogens is 1. The molecule has 1 saturated carbocycles. The number of aliphatic hydroxyl groups is 1. The molecule has 2 aromatic heterocycles. The summed E-state index contributed by atoms with van der Waals surface area (Å²) in [6, 6.07) is 5.05. The number of aromatic amines is 1. The molecule has 3 aromatic rings. The van der Waals surface area contributed by atoms with Crippen molar-refractivity contribution in [2.24, 2.45) is 5.92 Å². The predicted molar refractivity (Wildman–Crippen MR) is 127 cm³/mol. The van der Waals surface area contributed by atoms with Crippen molar-refractivity contribution in [2.45, 2.75) is 38.9 Å². The largest absolute Gasteiger partial charge is 0.493 e. The number of carbonyl (C=O) groups excluding carboxylic acids is 2. The van der Waals surface area contributed by atoms with Crippen molar-refractivity contribution < 1.29 is 23.8 Å². The van der Waals surface area contributed by atoms with Crippen molar-refractivity contribution in [3.05, 3.63) is 41.3 Å². The van der Waals surface area contributed by atoms with Gasteiger partial charge in [0.05, 0.1) is 30.3 Å². The third kappa shape index (κ3) is 4.58. The van der Waals surface area contributed by atoms with Crippen LogP contribution in [0.1, 0.15) is 34.5 Å². The maximum absolute atomic E-state index is 14.5. The highest BCUT2D eigenvalue weighted by Crippen LogP contribution is 2.37. The lowest BCUT2D eigenvalue weighted by Gasteiger charge is -2.15. The monoisotopic (exact) mass is 481 g/mol. The summed E-state index contributed by atoms with van der Waals surface area (Å²) in [5.41, 5.74) is 4.37. The highest BCUT2D eigenvalue weighted by molar-refractivity contribution is 6.09. The molecule has 2 atom stereocenters. The first-order valence-electron chi connectivity index (χ1n) is 11.8. The van der Waals surface area contributed by atoms with Gasteiger partial charge in [0.25, 0.3) is 5.91 Å². The number of ether oxygens (including phenoxy) is 1. The zero-order valence-electron chi connectivity index (χ0n) is 19.7. The Morgan fingerprint density at radius 2 is 2.06 bits per heavy atom. The lowest BCUT2D eigenvalue weighted by molar-refractivity contribution is -0.133. The van der Waals surface area contributed by atoms with E-state index in [9.17, 15) is 14.0 Å². The summed E-state index contributed by atoms with van der Waals surface area (Å²) in [5, 5.41) is 11.7. The molecule has 35 heavy (non-hydrogen) atoms. The molecule has 10 heteroatoms. The van der Waals surface area contributed by atoms with Gasteiger partial charge in [0, 0.05) is 17.8 Å².